The third-order valence-corrected chi connectivity index (χ3v) is 2.60. The molecule has 80 valence electrons. The first-order chi connectivity index (χ1) is 7.11. The summed E-state index contributed by atoms with van der Waals surface area (Å²) in [5, 5.41) is 8.95. The summed E-state index contributed by atoms with van der Waals surface area (Å²) in [4.78, 5) is 25.0. The van der Waals surface area contributed by atoms with Crippen LogP contribution < -0.4 is 5.56 Å². The van der Waals surface area contributed by atoms with Crippen molar-refractivity contribution in [3.63, 3.8) is 0 Å². The van der Waals surface area contributed by atoms with E-state index in [1.54, 1.807) is 6.92 Å². The predicted octanol–water partition coefficient (Wildman–Crippen LogP) is 0.454. The van der Waals surface area contributed by atoms with E-state index in [1.165, 1.54) is 0 Å². The molecule has 2 heterocycles. The van der Waals surface area contributed by atoms with Crippen LogP contribution in [0.3, 0.4) is 0 Å². The first-order valence-electron chi connectivity index (χ1n) is 4.67. The predicted molar refractivity (Wildman–Crippen MR) is 52.1 cm³/mol. The van der Waals surface area contributed by atoms with Gasteiger partial charge in [-0.05, 0) is 18.9 Å². The number of ether oxygens (including phenoxy) is 1. The SMILES string of the molecule is Cc1[nH]c(=O)c(C(=O)O)c2c1COCC2. The minimum absolute atomic E-state index is 0.140. The lowest BCUT2D eigenvalue weighted by Crippen LogP contribution is -2.27. The molecule has 0 saturated carbocycles. The van der Waals surface area contributed by atoms with Gasteiger partial charge < -0.3 is 14.8 Å². The molecule has 0 spiro atoms. The largest absolute Gasteiger partial charge is 0.477 e. The van der Waals surface area contributed by atoms with E-state index in [0.717, 1.165) is 5.56 Å². The Morgan fingerprint density at radius 1 is 1.47 bits per heavy atom. The fraction of sp³-hybridized carbons (Fsp3) is 0.400. The molecule has 0 aliphatic carbocycles. The number of carboxylic acids is 1. The van der Waals surface area contributed by atoms with Crippen LogP contribution in [0.4, 0.5) is 0 Å². The molecule has 1 aliphatic rings. The van der Waals surface area contributed by atoms with Crippen LogP contribution in [0.25, 0.3) is 0 Å². The molecule has 1 aromatic rings. The van der Waals surface area contributed by atoms with Crippen LogP contribution in [0.5, 0.6) is 0 Å². The highest BCUT2D eigenvalue weighted by Crippen LogP contribution is 2.20. The van der Waals surface area contributed by atoms with Gasteiger partial charge in [0, 0.05) is 11.3 Å². The highest BCUT2D eigenvalue weighted by atomic mass is 16.5. The van der Waals surface area contributed by atoms with Gasteiger partial charge in [0.05, 0.1) is 13.2 Å². The molecule has 2 N–H and O–H groups in total. The zero-order valence-electron chi connectivity index (χ0n) is 8.29. The number of fused-ring (bicyclic) bond motifs is 1. The number of carbonyl (C=O) groups is 1. The van der Waals surface area contributed by atoms with Gasteiger partial charge in [-0.15, -0.1) is 0 Å². The van der Waals surface area contributed by atoms with Gasteiger partial charge in [0.25, 0.3) is 5.56 Å². The van der Waals surface area contributed by atoms with Crippen LogP contribution in [0, 0.1) is 6.92 Å². The van der Waals surface area contributed by atoms with Gasteiger partial charge in [0.2, 0.25) is 0 Å². The Morgan fingerprint density at radius 2 is 2.20 bits per heavy atom. The van der Waals surface area contributed by atoms with Crippen LogP contribution in [-0.4, -0.2) is 22.7 Å². The molecule has 1 aromatic heterocycles. The molecular formula is C10H11NO4. The lowest BCUT2D eigenvalue weighted by Gasteiger charge is -2.19. The summed E-state index contributed by atoms with van der Waals surface area (Å²) in [7, 11) is 0. The van der Waals surface area contributed by atoms with Crippen molar-refractivity contribution in [2.45, 2.75) is 20.0 Å². The number of carboxylic acid groups (broad SMARTS) is 1. The Bertz CT molecular complexity index is 475. The van der Waals surface area contributed by atoms with Crippen molar-refractivity contribution in [2.75, 3.05) is 6.61 Å². The maximum absolute atomic E-state index is 11.5. The number of H-pyrrole nitrogens is 1. The first kappa shape index (κ1) is 9.92. The lowest BCUT2D eigenvalue weighted by molar-refractivity contribution is 0.0687. The van der Waals surface area contributed by atoms with Crippen molar-refractivity contribution in [1.82, 2.24) is 4.98 Å². The number of aryl methyl sites for hydroxylation is 1. The van der Waals surface area contributed by atoms with E-state index in [0.29, 0.717) is 30.9 Å². The number of hydrogen-bond acceptors (Lipinski definition) is 3. The number of rotatable bonds is 1. The zero-order chi connectivity index (χ0) is 11.0. The summed E-state index contributed by atoms with van der Waals surface area (Å²) in [5.74, 6) is -1.17. The summed E-state index contributed by atoms with van der Waals surface area (Å²) in [6.45, 7) is 2.59. The molecule has 0 radical (unpaired) electrons. The summed E-state index contributed by atoms with van der Waals surface area (Å²) in [6, 6.07) is 0. The van der Waals surface area contributed by atoms with Crippen molar-refractivity contribution in [3.05, 3.63) is 32.7 Å². The number of aromatic amines is 1. The number of aromatic nitrogens is 1. The Kier molecular flexibility index (Phi) is 2.32. The smallest absolute Gasteiger partial charge is 0.341 e. The summed E-state index contributed by atoms with van der Waals surface area (Å²) >= 11 is 0. The normalized spacial score (nSPS) is 14.7. The monoisotopic (exact) mass is 209 g/mol. The second kappa shape index (κ2) is 3.51. The number of pyridine rings is 1. The molecule has 0 bridgehead atoms. The average Bonchev–Trinajstić information content (AvgIpc) is 2.17. The van der Waals surface area contributed by atoms with Crippen LogP contribution in [0.15, 0.2) is 4.79 Å². The first-order valence-corrected chi connectivity index (χ1v) is 4.67. The maximum Gasteiger partial charge on any atom is 0.341 e. The Morgan fingerprint density at radius 3 is 2.87 bits per heavy atom. The highest BCUT2D eigenvalue weighted by Gasteiger charge is 2.22. The molecule has 15 heavy (non-hydrogen) atoms. The van der Waals surface area contributed by atoms with E-state index < -0.39 is 11.5 Å². The molecule has 0 atom stereocenters. The number of aromatic carboxylic acids is 1. The van der Waals surface area contributed by atoms with Gasteiger partial charge in [0.1, 0.15) is 5.56 Å². The van der Waals surface area contributed by atoms with Crippen molar-refractivity contribution in [1.29, 1.82) is 0 Å². The topological polar surface area (TPSA) is 79.4 Å². The van der Waals surface area contributed by atoms with Gasteiger partial charge in [0.15, 0.2) is 0 Å². The Balaban J connectivity index is 2.74. The van der Waals surface area contributed by atoms with Gasteiger partial charge in [-0.3, -0.25) is 4.79 Å². The van der Waals surface area contributed by atoms with Crippen LogP contribution in [0.2, 0.25) is 0 Å². The maximum atomic E-state index is 11.5. The third-order valence-electron chi connectivity index (χ3n) is 2.60. The number of nitrogens with one attached hydrogen (secondary N) is 1. The minimum atomic E-state index is -1.17. The van der Waals surface area contributed by atoms with Crippen molar-refractivity contribution in [3.8, 4) is 0 Å². The van der Waals surface area contributed by atoms with Gasteiger partial charge >= 0.3 is 5.97 Å². The molecule has 1 aliphatic heterocycles. The van der Waals surface area contributed by atoms with E-state index in [-0.39, 0.29) is 5.56 Å². The van der Waals surface area contributed by atoms with E-state index in [9.17, 15) is 9.59 Å². The van der Waals surface area contributed by atoms with E-state index in [1.807, 2.05) is 0 Å². The van der Waals surface area contributed by atoms with E-state index in [4.69, 9.17) is 9.84 Å². The van der Waals surface area contributed by atoms with Gasteiger partial charge in [-0.2, -0.15) is 0 Å². The van der Waals surface area contributed by atoms with Gasteiger partial charge in [-0.25, -0.2) is 4.79 Å². The number of hydrogen-bond donors (Lipinski definition) is 2. The summed E-state index contributed by atoms with van der Waals surface area (Å²) in [5.41, 5.74) is 1.45. The van der Waals surface area contributed by atoms with Crippen LogP contribution in [-0.2, 0) is 17.8 Å². The summed E-state index contributed by atoms with van der Waals surface area (Å²) in [6.07, 6.45) is 0.488. The molecule has 0 unspecified atom stereocenters. The second-order valence-electron chi connectivity index (χ2n) is 3.52. The van der Waals surface area contributed by atoms with Gasteiger partial charge in [-0.1, -0.05) is 0 Å². The lowest BCUT2D eigenvalue weighted by atomic mass is 9.97. The fourth-order valence-corrected chi connectivity index (χ4v) is 1.87. The molecule has 0 saturated heterocycles. The van der Waals surface area contributed by atoms with Crippen molar-refractivity contribution in [2.24, 2.45) is 0 Å². The molecule has 0 fully saturated rings. The minimum Gasteiger partial charge on any atom is -0.477 e. The molecular weight excluding hydrogens is 198 g/mol. The zero-order valence-corrected chi connectivity index (χ0v) is 8.29. The van der Waals surface area contributed by atoms with Crippen LogP contribution >= 0.6 is 0 Å². The fourth-order valence-electron chi connectivity index (χ4n) is 1.87. The highest BCUT2D eigenvalue weighted by molar-refractivity contribution is 5.89. The molecule has 2 rings (SSSR count). The van der Waals surface area contributed by atoms with E-state index in [2.05, 4.69) is 4.98 Å². The van der Waals surface area contributed by atoms with Crippen molar-refractivity contribution < 1.29 is 14.6 Å². The molecule has 5 nitrogen and oxygen atoms in total. The average molecular weight is 209 g/mol. The summed E-state index contributed by atoms with van der Waals surface area (Å²) < 4.78 is 5.24. The second-order valence-corrected chi connectivity index (χ2v) is 3.52. The standard InChI is InChI=1S/C10H11NO4/c1-5-7-4-15-3-2-6(7)8(10(13)14)9(12)11-5/h2-4H2,1H3,(H,11,12)(H,13,14). The molecule has 0 aromatic carbocycles. The molecule has 0 amide bonds. The van der Waals surface area contributed by atoms with Crippen molar-refractivity contribution >= 4 is 5.97 Å². The van der Waals surface area contributed by atoms with Crippen LogP contribution in [0.1, 0.15) is 27.2 Å². The molecule has 5 heteroatoms. The van der Waals surface area contributed by atoms with E-state index >= 15 is 0 Å². The quantitative estimate of drug-likeness (QED) is 0.704. The Labute approximate surface area is 85.7 Å². The third kappa shape index (κ3) is 1.55. The Hall–Kier alpha value is -1.62.